The fourth-order valence-electron chi connectivity index (χ4n) is 10.4. The molecule has 1 saturated carbocycles. The standard InChI is InChI=1S/C46H43ClFN3O6/c1-46-36(43(54)51(45(46)56)30-12-17-38(48)37(47)22-30)24-35-32(41(46)33-14-13-31(23-39(33)52)57-26-28-10-6-3-7-11-28)15-16-34-40(35)44(55)50(42(34)53)29-18-20-49(21-19-29)25-27-8-4-2-5-9-27/h2-15,17,22-23,29,34-36,40-41,52H,16,18-21,24-26H2,1H3. The number of piperidine rings is 1. The molecule has 0 spiro atoms. The topological polar surface area (TPSA) is 107 Å². The molecule has 0 radical (unpaired) electrons. The second kappa shape index (κ2) is 14.6. The lowest BCUT2D eigenvalue weighted by atomic mass is 9.51. The van der Waals surface area contributed by atoms with E-state index in [1.54, 1.807) is 19.1 Å². The van der Waals surface area contributed by atoms with Gasteiger partial charge in [-0.1, -0.05) is 90.0 Å². The van der Waals surface area contributed by atoms with Crippen LogP contribution in [0, 0.1) is 34.9 Å². The predicted molar refractivity (Wildman–Crippen MR) is 212 cm³/mol. The van der Waals surface area contributed by atoms with Gasteiger partial charge in [0.15, 0.2) is 0 Å². The van der Waals surface area contributed by atoms with Crippen LogP contribution >= 0.6 is 11.6 Å². The van der Waals surface area contributed by atoms with Crippen LogP contribution in [0.25, 0.3) is 0 Å². The monoisotopic (exact) mass is 787 g/mol. The Kier molecular flexibility index (Phi) is 9.52. The van der Waals surface area contributed by atoms with Crippen LogP contribution in [0.5, 0.6) is 11.5 Å². The fraction of sp³-hybridized carbons (Fsp3) is 0.348. The molecule has 4 aromatic carbocycles. The zero-order valence-electron chi connectivity index (χ0n) is 31.5. The Morgan fingerprint density at radius 2 is 1.54 bits per heavy atom. The molecule has 1 N–H and O–H groups in total. The van der Waals surface area contributed by atoms with E-state index in [1.807, 2.05) is 54.6 Å². The predicted octanol–water partition coefficient (Wildman–Crippen LogP) is 7.66. The molecule has 2 aliphatic carbocycles. The van der Waals surface area contributed by atoms with Crippen molar-refractivity contribution >= 4 is 40.9 Å². The third-order valence-electron chi connectivity index (χ3n) is 13.2. The number of ether oxygens (including phenoxy) is 1. The van der Waals surface area contributed by atoms with Crippen LogP contribution in [0.15, 0.2) is 109 Å². The number of likely N-dealkylation sites (tertiary alicyclic amines) is 2. The number of phenols is 1. The summed E-state index contributed by atoms with van der Waals surface area (Å²) < 4.78 is 20.3. The molecule has 0 bridgehead atoms. The van der Waals surface area contributed by atoms with E-state index < -0.39 is 52.6 Å². The fourth-order valence-corrected chi connectivity index (χ4v) is 10.6. The van der Waals surface area contributed by atoms with E-state index in [9.17, 15) is 28.7 Å². The Bertz CT molecular complexity index is 2300. The van der Waals surface area contributed by atoms with E-state index in [0.717, 1.165) is 41.7 Å². The largest absolute Gasteiger partial charge is 0.508 e. The van der Waals surface area contributed by atoms with Crippen molar-refractivity contribution in [1.82, 2.24) is 9.80 Å². The number of carbonyl (C=O) groups is 4. The minimum atomic E-state index is -1.39. The summed E-state index contributed by atoms with van der Waals surface area (Å²) in [6.45, 7) is 4.34. The first-order chi connectivity index (χ1) is 27.5. The molecular weight excluding hydrogens is 745 g/mol. The number of hydrogen-bond donors (Lipinski definition) is 1. The summed E-state index contributed by atoms with van der Waals surface area (Å²) in [6.07, 6.45) is 3.79. The van der Waals surface area contributed by atoms with Crippen LogP contribution in [-0.4, -0.2) is 57.7 Å². The number of rotatable bonds is 8. The highest BCUT2D eigenvalue weighted by Crippen LogP contribution is 2.64. The average Bonchev–Trinajstić information content (AvgIpc) is 3.59. The molecule has 4 amide bonds. The number of allylic oxidation sites excluding steroid dienone is 2. The van der Waals surface area contributed by atoms with Gasteiger partial charge >= 0.3 is 0 Å². The van der Waals surface area contributed by atoms with Crippen LogP contribution in [0.1, 0.15) is 55.2 Å². The van der Waals surface area contributed by atoms with Gasteiger partial charge in [0.1, 0.15) is 23.9 Å². The molecule has 292 valence electrons. The third kappa shape index (κ3) is 6.24. The molecule has 9 nitrogen and oxygen atoms in total. The van der Waals surface area contributed by atoms with Gasteiger partial charge in [-0.15, -0.1) is 0 Å². The Labute approximate surface area is 335 Å². The minimum Gasteiger partial charge on any atom is -0.508 e. The lowest BCUT2D eigenvalue weighted by Crippen LogP contribution is -2.49. The summed E-state index contributed by atoms with van der Waals surface area (Å²) in [5, 5.41) is 11.5. The van der Waals surface area contributed by atoms with Gasteiger partial charge in [0.25, 0.3) is 0 Å². The molecule has 57 heavy (non-hydrogen) atoms. The molecule has 4 aromatic rings. The van der Waals surface area contributed by atoms with Crippen LogP contribution in [0.2, 0.25) is 5.02 Å². The number of benzene rings is 4. The van der Waals surface area contributed by atoms with Gasteiger partial charge in [0, 0.05) is 43.2 Å². The number of imide groups is 2. The number of fused-ring (bicyclic) bond motifs is 4. The second-order valence-electron chi connectivity index (χ2n) is 16.3. The van der Waals surface area contributed by atoms with E-state index in [2.05, 4.69) is 17.0 Å². The molecule has 0 aromatic heterocycles. The van der Waals surface area contributed by atoms with Gasteiger partial charge in [0.05, 0.1) is 33.9 Å². The summed E-state index contributed by atoms with van der Waals surface area (Å²) in [6, 6.07) is 28.4. The molecule has 3 saturated heterocycles. The maximum atomic E-state index is 14.8. The van der Waals surface area contributed by atoms with Crippen molar-refractivity contribution in [3.8, 4) is 11.5 Å². The first-order valence-electron chi connectivity index (χ1n) is 19.7. The second-order valence-corrected chi connectivity index (χ2v) is 16.7. The van der Waals surface area contributed by atoms with Crippen molar-refractivity contribution < 1.29 is 33.4 Å². The van der Waals surface area contributed by atoms with Crippen molar-refractivity contribution in [1.29, 1.82) is 0 Å². The normalized spacial score (nSPS) is 27.6. The molecule has 3 aliphatic heterocycles. The molecule has 9 rings (SSSR count). The lowest BCUT2D eigenvalue weighted by Gasteiger charge is -2.49. The van der Waals surface area contributed by atoms with Crippen LogP contribution < -0.4 is 9.64 Å². The van der Waals surface area contributed by atoms with Crippen molar-refractivity contribution in [3.05, 3.63) is 136 Å². The van der Waals surface area contributed by atoms with Gasteiger partial charge in [-0.05, 0) is 73.9 Å². The highest BCUT2D eigenvalue weighted by Gasteiger charge is 2.68. The number of nitrogens with zero attached hydrogens (tertiary/aromatic N) is 3. The molecular formula is C46H43ClFN3O6. The van der Waals surface area contributed by atoms with Crippen LogP contribution in [0.4, 0.5) is 10.1 Å². The Hall–Kier alpha value is -5.32. The summed E-state index contributed by atoms with van der Waals surface area (Å²) in [5.41, 5.74) is 2.11. The van der Waals surface area contributed by atoms with E-state index >= 15 is 0 Å². The quantitative estimate of drug-likeness (QED) is 0.144. The third-order valence-corrected chi connectivity index (χ3v) is 13.5. The highest BCUT2D eigenvalue weighted by molar-refractivity contribution is 6.31. The van der Waals surface area contributed by atoms with Gasteiger partial charge in [-0.3, -0.25) is 29.0 Å². The van der Waals surface area contributed by atoms with Gasteiger partial charge in [-0.2, -0.15) is 0 Å². The number of amides is 4. The van der Waals surface area contributed by atoms with E-state index in [0.29, 0.717) is 30.6 Å². The van der Waals surface area contributed by atoms with Crippen molar-refractivity contribution in [3.63, 3.8) is 0 Å². The SMILES string of the molecule is CC12C(=O)N(c3ccc(F)c(Cl)c3)C(=O)C1CC1C(=CCC3C(=O)N(C4CCN(Cc5ccccc5)CC4)C(=O)C31)C2c1ccc(OCc2ccccc2)cc1O. The van der Waals surface area contributed by atoms with Crippen molar-refractivity contribution in [2.45, 2.75) is 57.7 Å². The summed E-state index contributed by atoms with van der Waals surface area (Å²) in [7, 11) is 0. The van der Waals surface area contributed by atoms with Crippen LogP contribution in [0.3, 0.4) is 0 Å². The maximum absolute atomic E-state index is 14.8. The first kappa shape index (κ1) is 37.3. The molecule has 4 fully saturated rings. The minimum absolute atomic E-state index is 0.115. The number of halogens is 2. The number of aromatic hydroxyl groups is 1. The number of anilines is 1. The van der Waals surface area contributed by atoms with Gasteiger partial charge in [-0.25, -0.2) is 9.29 Å². The summed E-state index contributed by atoms with van der Waals surface area (Å²) in [5.74, 6) is -5.32. The Morgan fingerprint density at radius 3 is 2.23 bits per heavy atom. The lowest BCUT2D eigenvalue weighted by molar-refractivity contribution is -0.144. The van der Waals surface area contributed by atoms with E-state index in [4.69, 9.17) is 16.3 Å². The molecule has 11 heteroatoms. The number of hydrogen-bond acceptors (Lipinski definition) is 7. The van der Waals surface area contributed by atoms with Crippen molar-refractivity contribution in [2.24, 2.45) is 29.1 Å². The average molecular weight is 788 g/mol. The Morgan fingerprint density at radius 1 is 0.842 bits per heavy atom. The van der Waals surface area contributed by atoms with Gasteiger partial charge < -0.3 is 9.84 Å². The smallest absolute Gasteiger partial charge is 0.241 e. The molecule has 6 unspecified atom stereocenters. The summed E-state index contributed by atoms with van der Waals surface area (Å²) in [4.78, 5) is 63.2. The molecule has 5 aliphatic rings. The first-order valence-corrected chi connectivity index (χ1v) is 20.1. The Balaban J connectivity index is 1.05. The zero-order valence-corrected chi connectivity index (χ0v) is 32.3. The van der Waals surface area contributed by atoms with Gasteiger partial charge in [0.2, 0.25) is 23.6 Å². The number of carbonyl (C=O) groups excluding carboxylic acids is 4. The van der Waals surface area contributed by atoms with Crippen LogP contribution in [-0.2, 0) is 32.3 Å². The van der Waals surface area contributed by atoms with E-state index in [-0.39, 0.29) is 47.3 Å². The van der Waals surface area contributed by atoms with Crippen molar-refractivity contribution in [2.75, 3.05) is 18.0 Å². The van der Waals surface area contributed by atoms with E-state index in [1.165, 1.54) is 28.7 Å². The molecule has 6 atom stereocenters. The molecule has 3 heterocycles. The summed E-state index contributed by atoms with van der Waals surface area (Å²) >= 11 is 6.16. The number of phenolic OH excluding ortho intramolecular Hbond substituents is 1. The maximum Gasteiger partial charge on any atom is 0.241 e. The highest BCUT2D eigenvalue weighted by atomic mass is 35.5. The zero-order chi connectivity index (χ0) is 39.6.